The fraction of sp³-hybridized carbons (Fsp3) is 0.917. The summed E-state index contributed by atoms with van der Waals surface area (Å²) in [4.78, 5) is 18.3. The predicted molar refractivity (Wildman–Crippen MR) is 64.6 cm³/mol. The van der Waals surface area contributed by atoms with Crippen LogP contribution in [0.4, 0.5) is 0 Å². The van der Waals surface area contributed by atoms with Crippen molar-refractivity contribution < 1.29 is 9.63 Å². The smallest absolute Gasteiger partial charge is 0.327 e. The van der Waals surface area contributed by atoms with E-state index in [1.807, 2.05) is 5.59 Å². The molecule has 1 saturated heterocycles. The molecule has 3 N–H and O–H groups in total. The molecule has 0 radical (unpaired) electrons. The summed E-state index contributed by atoms with van der Waals surface area (Å²) in [5.74, 6) is 5.53. The second-order valence-electron chi connectivity index (χ2n) is 5.13. The van der Waals surface area contributed by atoms with Gasteiger partial charge in [-0.05, 0) is 38.1 Å². The Bertz CT molecular complexity index is 258. The fourth-order valence-corrected chi connectivity index (χ4v) is 3.36. The Morgan fingerprint density at radius 2 is 2.06 bits per heavy atom. The van der Waals surface area contributed by atoms with Gasteiger partial charge in [0, 0.05) is 12.6 Å². The highest BCUT2D eigenvalue weighted by atomic mass is 16.7. The zero-order chi connectivity index (χ0) is 12.1. The number of carbonyl (C=O) groups excluding carboxylic acids is 1. The molecular formula is C12H23N3O2. The van der Waals surface area contributed by atoms with Gasteiger partial charge in [-0.15, -0.1) is 0 Å². The molecule has 17 heavy (non-hydrogen) atoms. The van der Waals surface area contributed by atoms with E-state index >= 15 is 0 Å². The van der Waals surface area contributed by atoms with Crippen LogP contribution in [0, 0.1) is 5.92 Å². The first-order chi connectivity index (χ1) is 8.31. The third kappa shape index (κ3) is 3.40. The maximum absolute atomic E-state index is 11.3. The Morgan fingerprint density at radius 3 is 2.88 bits per heavy atom. The van der Waals surface area contributed by atoms with Gasteiger partial charge in [0.2, 0.25) is 0 Å². The molecule has 5 heteroatoms. The van der Waals surface area contributed by atoms with Crippen LogP contribution < -0.4 is 11.4 Å². The lowest BCUT2D eigenvalue weighted by Crippen LogP contribution is -2.47. The molecule has 2 aliphatic rings. The molecule has 1 aliphatic carbocycles. The second-order valence-corrected chi connectivity index (χ2v) is 5.13. The van der Waals surface area contributed by atoms with Gasteiger partial charge in [0.25, 0.3) is 0 Å². The molecule has 1 saturated carbocycles. The molecule has 5 nitrogen and oxygen atoms in total. The molecule has 0 aromatic carbocycles. The van der Waals surface area contributed by atoms with E-state index in [9.17, 15) is 4.79 Å². The van der Waals surface area contributed by atoms with E-state index in [4.69, 9.17) is 5.84 Å². The van der Waals surface area contributed by atoms with Crippen molar-refractivity contribution in [2.24, 2.45) is 11.8 Å². The average Bonchev–Trinajstić information content (AvgIpc) is 2.36. The van der Waals surface area contributed by atoms with Gasteiger partial charge in [0.1, 0.15) is 0 Å². The first-order valence-corrected chi connectivity index (χ1v) is 6.70. The molecule has 0 amide bonds. The minimum atomic E-state index is -0.273. The van der Waals surface area contributed by atoms with E-state index in [0.29, 0.717) is 12.5 Å². The lowest BCUT2D eigenvalue weighted by molar-refractivity contribution is -0.152. The van der Waals surface area contributed by atoms with Crippen molar-refractivity contribution in [1.82, 2.24) is 10.5 Å². The summed E-state index contributed by atoms with van der Waals surface area (Å²) in [6.45, 7) is 1.94. The number of rotatable bonds is 4. The SMILES string of the molecule is NNOC(=O)CCN1CCCC2CCCCC21. The molecule has 0 aromatic heterocycles. The number of nitrogens with two attached hydrogens (primary N) is 1. The number of fused-ring (bicyclic) bond motifs is 1. The number of piperidine rings is 1. The monoisotopic (exact) mass is 241 g/mol. The quantitative estimate of drug-likeness (QED) is 0.566. The first-order valence-electron chi connectivity index (χ1n) is 6.70. The zero-order valence-electron chi connectivity index (χ0n) is 10.4. The number of hydrogen-bond acceptors (Lipinski definition) is 5. The number of nitrogens with zero attached hydrogens (tertiary/aromatic N) is 1. The second kappa shape index (κ2) is 6.33. The van der Waals surface area contributed by atoms with Gasteiger partial charge >= 0.3 is 5.97 Å². The largest absolute Gasteiger partial charge is 0.356 e. The molecule has 0 aromatic rings. The first kappa shape index (κ1) is 12.8. The van der Waals surface area contributed by atoms with Crippen molar-refractivity contribution in [3.05, 3.63) is 0 Å². The lowest BCUT2D eigenvalue weighted by Gasteiger charge is -2.44. The highest BCUT2D eigenvalue weighted by Crippen LogP contribution is 2.35. The predicted octanol–water partition coefficient (Wildman–Crippen LogP) is 0.953. The molecule has 1 heterocycles. The number of carbonyl (C=O) groups is 1. The minimum Gasteiger partial charge on any atom is -0.356 e. The van der Waals surface area contributed by atoms with Crippen LogP contribution in [-0.2, 0) is 9.63 Å². The van der Waals surface area contributed by atoms with E-state index in [0.717, 1.165) is 19.0 Å². The highest BCUT2D eigenvalue weighted by Gasteiger charge is 2.32. The number of hydrogen-bond donors (Lipinski definition) is 2. The molecule has 0 spiro atoms. The Kier molecular flexibility index (Phi) is 4.76. The van der Waals surface area contributed by atoms with Crippen LogP contribution in [-0.4, -0.2) is 30.0 Å². The van der Waals surface area contributed by atoms with Crippen molar-refractivity contribution >= 4 is 5.97 Å². The van der Waals surface area contributed by atoms with Crippen molar-refractivity contribution in [2.45, 2.75) is 51.0 Å². The Morgan fingerprint density at radius 1 is 1.29 bits per heavy atom. The van der Waals surface area contributed by atoms with Crippen molar-refractivity contribution in [3.63, 3.8) is 0 Å². The average molecular weight is 241 g/mol. The third-order valence-electron chi connectivity index (χ3n) is 4.13. The van der Waals surface area contributed by atoms with Crippen molar-refractivity contribution in [2.75, 3.05) is 13.1 Å². The normalized spacial score (nSPS) is 29.7. The number of likely N-dealkylation sites (tertiary alicyclic amines) is 1. The van der Waals surface area contributed by atoms with Crippen LogP contribution >= 0.6 is 0 Å². The van der Waals surface area contributed by atoms with Gasteiger partial charge in [0.05, 0.1) is 6.42 Å². The van der Waals surface area contributed by atoms with E-state index in [1.54, 1.807) is 0 Å². The van der Waals surface area contributed by atoms with E-state index in [-0.39, 0.29) is 5.97 Å². The van der Waals surface area contributed by atoms with Crippen LogP contribution in [0.25, 0.3) is 0 Å². The maximum Gasteiger partial charge on any atom is 0.327 e. The van der Waals surface area contributed by atoms with Crippen LogP contribution in [0.2, 0.25) is 0 Å². The summed E-state index contributed by atoms with van der Waals surface area (Å²) in [6, 6.07) is 0.705. The van der Waals surface area contributed by atoms with Crippen LogP contribution in [0.15, 0.2) is 0 Å². The summed E-state index contributed by atoms with van der Waals surface area (Å²) in [7, 11) is 0. The Labute approximate surface area is 103 Å². The maximum atomic E-state index is 11.3. The Hall–Kier alpha value is -0.650. The molecule has 98 valence electrons. The summed E-state index contributed by atoms with van der Waals surface area (Å²) < 4.78 is 0. The van der Waals surface area contributed by atoms with Crippen LogP contribution in [0.3, 0.4) is 0 Å². The third-order valence-corrected chi connectivity index (χ3v) is 4.13. The van der Waals surface area contributed by atoms with Crippen molar-refractivity contribution in [1.29, 1.82) is 0 Å². The summed E-state index contributed by atoms with van der Waals surface area (Å²) in [5.41, 5.74) is 1.94. The molecule has 1 aliphatic heterocycles. The molecule has 2 rings (SSSR count). The van der Waals surface area contributed by atoms with E-state index in [2.05, 4.69) is 9.74 Å². The van der Waals surface area contributed by atoms with E-state index < -0.39 is 0 Å². The standard InChI is InChI=1S/C12H23N3O2/c13-14-17-12(16)7-9-15-8-3-5-10-4-1-2-6-11(10)15/h10-11,14H,1-9,13H2. The van der Waals surface area contributed by atoms with Crippen LogP contribution in [0.5, 0.6) is 0 Å². The lowest BCUT2D eigenvalue weighted by atomic mass is 9.78. The van der Waals surface area contributed by atoms with Gasteiger partial charge in [-0.3, -0.25) is 9.69 Å². The molecule has 2 atom stereocenters. The number of hydrazine groups is 1. The van der Waals surface area contributed by atoms with Gasteiger partial charge in [-0.1, -0.05) is 18.4 Å². The zero-order valence-corrected chi connectivity index (χ0v) is 10.4. The van der Waals surface area contributed by atoms with Gasteiger partial charge in [0.15, 0.2) is 0 Å². The summed E-state index contributed by atoms with van der Waals surface area (Å²) >= 11 is 0. The van der Waals surface area contributed by atoms with E-state index in [1.165, 1.54) is 38.5 Å². The highest BCUT2D eigenvalue weighted by molar-refractivity contribution is 5.69. The number of nitrogens with one attached hydrogen (secondary N) is 1. The van der Waals surface area contributed by atoms with Gasteiger partial charge in [-0.25, -0.2) is 5.84 Å². The van der Waals surface area contributed by atoms with Gasteiger partial charge < -0.3 is 4.84 Å². The molecule has 0 bridgehead atoms. The summed E-state index contributed by atoms with van der Waals surface area (Å²) in [6.07, 6.45) is 8.46. The topological polar surface area (TPSA) is 67.6 Å². The van der Waals surface area contributed by atoms with Gasteiger partial charge in [-0.2, -0.15) is 0 Å². The Balaban J connectivity index is 1.80. The molecular weight excluding hydrogens is 218 g/mol. The fourth-order valence-electron chi connectivity index (χ4n) is 3.36. The minimum absolute atomic E-state index is 0.273. The van der Waals surface area contributed by atoms with Crippen LogP contribution in [0.1, 0.15) is 44.9 Å². The van der Waals surface area contributed by atoms with Crippen molar-refractivity contribution in [3.8, 4) is 0 Å². The molecule has 2 fully saturated rings. The summed E-state index contributed by atoms with van der Waals surface area (Å²) in [5, 5.41) is 0. The molecule has 2 unspecified atom stereocenters.